The third kappa shape index (κ3) is 2.64. The largest absolute Gasteiger partial charge is 0.479 e. The maximum atomic E-state index is 12.1. The topological polar surface area (TPSA) is 41.6 Å². The Morgan fingerprint density at radius 1 is 1.33 bits per heavy atom. The van der Waals surface area contributed by atoms with Crippen molar-refractivity contribution in [2.45, 2.75) is 26.4 Å². The molecule has 18 heavy (non-hydrogen) atoms. The van der Waals surface area contributed by atoms with Gasteiger partial charge in [-0.05, 0) is 32.0 Å². The van der Waals surface area contributed by atoms with Crippen LogP contribution >= 0.6 is 0 Å². The van der Waals surface area contributed by atoms with E-state index in [4.69, 9.17) is 4.74 Å². The maximum absolute atomic E-state index is 12.1. The first-order valence-corrected chi connectivity index (χ1v) is 6.51. The highest BCUT2D eigenvalue weighted by Crippen LogP contribution is 2.33. The van der Waals surface area contributed by atoms with Gasteiger partial charge in [0.25, 0.3) is 5.91 Å². The summed E-state index contributed by atoms with van der Waals surface area (Å²) in [6, 6.07) is 7.69. The van der Waals surface area contributed by atoms with Crippen molar-refractivity contribution in [2.24, 2.45) is 0 Å². The molecule has 1 atom stereocenters. The summed E-state index contributed by atoms with van der Waals surface area (Å²) in [4.78, 5) is 13.9. The Bertz CT molecular complexity index is 420. The van der Waals surface area contributed by atoms with Gasteiger partial charge in [0.05, 0.1) is 5.69 Å². The molecule has 0 fully saturated rings. The Balaban J connectivity index is 2.09. The van der Waals surface area contributed by atoms with Crippen LogP contribution in [-0.4, -0.2) is 31.6 Å². The number of amides is 1. The number of hydrogen-bond acceptors (Lipinski definition) is 3. The van der Waals surface area contributed by atoms with Crippen molar-refractivity contribution in [2.75, 3.05) is 24.5 Å². The third-order valence-corrected chi connectivity index (χ3v) is 3.01. The number of ether oxygens (including phenoxy) is 1. The molecule has 1 aliphatic rings. The molecule has 4 nitrogen and oxygen atoms in total. The Hall–Kier alpha value is -1.55. The van der Waals surface area contributed by atoms with Gasteiger partial charge >= 0.3 is 0 Å². The Morgan fingerprint density at radius 3 is 2.89 bits per heavy atom. The zero-order valence-corrected chi connectivity index (χ0v) is 11.0. The molecule has 0 bridgehead atoms. The van der Waals surface area contributed by atoms with Crippen LogP contribution in [0.5, 0.6) is 5.75 Å². The van der Waals surface area contributed by atoms with E-state index in [1.54, 1.807) is 6.92 Å². The van der Waals surface area contributed by atoms with Gasteiger partial charge in [-0.1, -0.05) is 19.1 Å². The van der Waals surface area contributed by atoms with Crippen LogP contribution in [0.15, 0.2) is 24.3 Å². The zero-order valence-electron chi connectivity index (χ0n) is 11.0. The number of hydrogen-bond donors (Lipinski definition) is 1. The number of anilines is 1. The van der Waals surface area contributed by atoms with Crippen molar-refractivity contribution in [3.05, 3.63) is 24.3 Å². The van der Waals surface area contributed by atoms with Crippen molar-refractivity contribution in [3.63, 3.8) is 0 Å². The van der Waals surface area contributed by atoms with Crippen molar-refractivity contribution < 1.29 is 9.53 Å². The molecule has 1 aromatic carbocycles. The highest BCUT2D eigenvalue weighted by Gasteiger charge is 2.30. The number of para-hydroxylation sites is 2. The summed E-state index contributed by atoms with van der Waals surface area (Å²) in [7, 11) is 0. The summed E-state index contributed by atoms with van der Waals surface area (Å²) >= 11 is 0. The molecule has 0 radical (unpaired) electrons. The Morgan fingerprint density at radius 2 is 2.11 bits per heavy atom. The molecule has 0 aromatic heterocycles. The second kappa shape index (κ2) is 5.87. The first-order valence-electron chi connectivity index (χ1n) is 6.51. The molecule has 1 amide bonds. The highest BCUT2D eigenvalue weighted by atomic mass is 16.5. The van der Waals surface area contributed by atoms with E-state index in [1.165, 1.54) is 0 Å². The lowest BCUT2D eigenvalue weighted by molar-refractivity contribution is -0.125. The minimum Gasteiger partial charge on any atom is -0.479 e. The summed E-state index contributed by atoms with van der Waals surface area (Å²) < 4.78 is 5.59. The maximum Gasteiger partial charge on any atom is 0.267 e. The van der Waals surface area contributed by atoms with E-state index in [2.05, 4.69) is 12.2 Å². The SMILES string of the molecule is CCCNCCN1C(=O)C(C)Oc2ccccc21. The van der Waals surface area contributed by atoms with Gasteiger partial charge in [-0.3, -0.25) is 4.79 Å². The van der Waals surface area contributed by atoms with Crippen molar-refractivity contribution in [1.29, 1.82) is 0 Å². The number of nitrogens with zero attached hydrogens (tertiary/aromatic N) is 1. The summed E-state index contributed by atoms with van der Waals surface area (Å²) in [5.41, 5.74) is 0.874. The van der Waals surface area contributed by atoms with Crippen LogP contribution in [0.3, 0.4) is 0 Å². The molecular formula is C14H20N2O2. The smallest absolute Gasteiger partial charge is 0.267 e. The zero-order chi connectivity index (χ0) is 13.0. The molecular weight excluding hydrogens is 228 g/mol. The predicted octanol–water partition coefficient (Wildman–Crippen LogP) is 1.80. The van der Waals surface area contributed by atoms with E-state index in [-0.39, 0.29) is 5.91 Å². The third-order valence-electron chi connectivity index (χ3n) is 3.01. The lowest BCUT2D eigenvalue weighted by Crippen LogP contribution is -2.47. The number of carbonyl (C=O) groups is 1. The second-order valence-corrected chi connectivity index (χ2v) is 4.47. The van der Waals surface area contributed by atoms with E-state index in [0.717, 1.165) is 30.9 Å². The molecule has 98 valence electrons. The van der Waals surface area contributed by atoms with E-state index in [1.807, 2.05) is 29.2 Å². The fourth-order valence-corrected chi connectivity index (χ4v) is 2.08. The minimum atomic E-state index is -0.397. The molecule has 1 heterocycles. The fourth-order valence-electron chi connectivity index (χ4n) is 2.08. The van der Waals surface area contributed by atoms with Gasteiger partial charge in [-0.25, -0.2) is 0 Å². The lowest BCUT2D eigenvalue weighted by Gasteiger charge is -2.33. The summed E-state index contributed by atoms with van der Waals surface area (Å²) in [5.74, 6) is 0.826. The first kappa shape index (κ1) is 12.9. The van der Waals surface area contributed by atoms with E-state index in [9.17, 15) is 4.79 Å². The quantitative estimate of drug-likeness (QED) is 0.808. The summed E-state index contributed by atoms with van der Waals surface area (Å²) in [6.45, 7) is 6.40. The Labute approximate surface area is 108 Å². The standard InChI is InChI=1S/C14H20N2O2/c1-3-8-15-9-10-16-12-6-4-5-7-13(12)18-11(2)14(16)17/h4-7,11,15H,3,8-10H2,1-2H3. The molecule has 1 N–H and O–H groups in total. The van der Waals surface area contributed by atoms with Gasteiger partial charge in [0, 0.05) is 13.1 Å². The molecule has 0 aliphatic carbocycles. The van der Waals surface area contributed by atoms with Crippen molar-refractivity contribution >= 4 is 11.6 Å². The average Bonchev–Trinajstić information content (AvgIpc) is 2.38. The molecule has 0 spiro atoms. The summed E-state index contributed by atoms with van der Waals surface area (Å²) in [5, 5.41) is 3.31. The van der Waals surface area contributed by atoms with E-state index < -0.39 is 6.10 Å². The Kier molecular flexibility index (Phi) is 4.20. The van der Waals surface area contributed by atoms with Gasteiger partial charge in [0.15, 0.2) is 6.10 Å². The molecule has 2 rings (SSSR count). The molecule has 1 aliphatic heterocycles. The van der Waals surface area contributed by atoms with E-state index in [0.29, 0.717) is 6.54 Å². The van der Waals surface area contributed by atoms with Crippen LogP contribution in [0.1, 0.15) is 20.3 Å². The number of rotatable bonds is 5. The van der Waals surface area contributed by atoms with Gasteiger partial charge in [-0.15, -0.1) is 0 Å². The molecule has 1 unspecified atom stereocenters. The number of carbonyl (C=O) groups excluding carboxylic acids is 1. The highest BCUT2D eigenvalue weighted by molar-refractivity contribution is 5.99. The van der Waals surface area contributed by atoms with Crippen LogP contribution in [-0.2, 0) is 4.79 Å². The van der Waals surface area contributed by atoms with Crippen LogP contribution in [0.2, 0.25) is 0 Å². The van der Waals surface area contributed by atoms with Crippen LogP contribution in [0, 0.1) is 0 Å². The molecule has 0 saturated carbocycles. The van der Waals surface area contributed by atoms with Crippen LogP contribution < -0.4 is 15.0 Å². The molecule has 0 saturated heterocycles. The van der Waals surface area contributed by atoms with Gasteiger partial charge in [0.1, 0.15) is 5.75 Å². The number of nitrogens with one attached hydrogen (secondary N) is 1. The minimum absolute atomic E-state index is 0.0343. The normalized spacial score (nSPS) is 18.4. The number of benzene rings is 1. The van der Waals surface area contributed by atoms with Crippen molar-refractivity contribution in [3.8, 4) is 5.75 Å². The molecule has 4 heteroatoms. The van der Waals surface area contributed by atoms with Crippen LogP contribution in [0.25, 0.3) is 0 Å². The monoisotopic (exact) mass is 248 g/mol. The van der Waals surface area contributed by atoms with E-state index >= 15 is 0 Å². The van der Waals surface area contributed by atoms with Gasteiger partial charge in [0.2, 0.25) is 0 Å². The average molecular weight is 248 g/mol. The number of fused-ring (bicyclic) bond motifs is 1. The van der Waals surface area contributed by atoms with Crippen molar-refractivity contribution in [1.82, 2.24) is 5.32 Å². The molecule has 1 aromatic rings. The fraction of sp³-hybridized carbons (Fsp3) is 0.500. The lowest BCUT2D eigenvalue weighted by atomic mass is 10.2. The van der Waals surface area contributed by atoms with Crippen LogP contribution in [0.4, 0.5) is 5.69 Å². The first-order chi connectivity index (χ1) is 8.74. The second-order valence-electron chi connectivity index (χ2n) is 4.47. The predicted molar refractivity (Wildman–Crippen MR) is 72.0 cm³/mol. The van der Waals surface area contributed by atoms with Gasteiger partial charge < -0.3 is 15.0 Å². The summed E-state index contributed by atoms with van der Waals surface area (Å²) in [6.07, 6.45) is 0.704. The van der Waals surface area contributed by atoms with Gasteiger partial charge in [-0.2, -0.15) is 0 Å².